The predicted molar refractivity (Wildman–Crippen MR) is 188 cm³/mol. The van der Waals surface area contributed by atoms with Gasteiger partial charge in [0.15, 0.2) is 0 Å². The Morgan fingerprint density at radius 2 is 1.70 bits per heavy atom. The highest BCUT2D eigenvalue weighted by atomic mass is 16.5. The minimum absolute atomic E-state index is 0.119. The Kier molecular flexibility index (Phi) is 6.02. The van der Waals surface area contributed by atoms with Crippen LogP contribution in [0.1, 0.15) is 74.3 Å². The molecule has 234 valence electrons. The Morgan fingerprint density at radius 1 is 0.830 bits per heavy atom. The summed E-state index contributed by atoms with van der Waals surface area (Å²) >= 11 is 0. The van der Waals surface area contributed by atoms with Crippen LogP contribution in [-0.4, -0.2) is 32.1 Å². The number of benzene rings is 3. The molecule has 1 aliphatic carbocycles. The Bertz CT molecular complexity index is 2280. The van der Waals surface area contributed by atoms with Gasteiger partial charge in [0.05, 0.1) is 22.4 Å². The zero-order chi connectivity index (χ0) is 32.1. The second-order valence-electron chi connectivity index (χ2n) is 14.3. The molecule has 1 fully saturated rings. The van der Waals surface area contributed by atoms with Crippen molar-refractivity contribution in [3.8, 4) is 28.4 Å². The first-order valence-corrected chi connectivity index (χ1v) is 16.8. The summed E-state index contributed by atoms with van der Waals surface area (Å²) in [5, 5.41) is 2.44. The molecule has 6 aromatic rings. The molecule has 47 heavy (non-hydrogen) atoms. The minimum Gasteiger partial charge on any atom is -0.472 e. The second-order valence-corrected chi connectivity index (χ2v) is 14.3. The van der Waals surface area contributed by atoms with Gasteiger partial charge < -0.3 is 9.47 Å². The van der Waals surface area contributed by atoms with Crippen LogP contribution in [0.3, 0.4) is 0 Å². The van der Waals surface area contributed by atoms with E-state index >= 15 is 0 Å². The summed E-state index contributed by atoms with van der Waals surface area (Å²) in [5.74, 6) is 2.23. The Hall–Kier alpha value is -4.97. The van der Waals surface area contributed by atoms with Crippen molar-refractivity contribution in [2.75, 3.05) is 0 Å². The van der Waals surface area contributed by atoms with Crippen molar-refractivity contribution in [1.29, 1.82) is 0 Å². The quantitative estimate of drug-likeness (QED) is 0.197. The summed E-state index contributed by atoms with van der Waals surface area (Å²) < 4.78 is 15.8. The highest BCUT2D eigenvalue weighted by molar-refractivity contribution is 6.11. The number of para-hydroxylation sites is 1. The van der Waals surface area contributed by atoms with E-state index in [0.29, 0.717) is 5.90 Å². The van der Waals surface area contributed by atoms with Gasteiger partial charge in [-0.25, -0.2) is 9.98 Å². The van der Waals surface area contributed by atoms with Crippen LogP contribution in [0, 0.1) is 13.8 Å². The van der Waals surface area contributed by atoms with Crippen molar-refractivity contribution in [1.82, 2.24) is 14.5 Å². The summed E-state index contributed by atoms with van der Waals surface area (Å²) in [6.45, 7) is 11.2. The third-order valence-electron chi connectivity index (χ3n) is 10.8. The van der Waals surface area contributed by atoms with E-state index in [4.69, 9.17) is 19.5 Å². The molecule has 5 heterocycles. The molecule has 0 saturated heterocycles. The van der Waals surface area contributed by atoms with Crippen LogP contribution in [0.2, 0.25) is 0 Å². The number of rotatable bonds is 4. The molecule has 0 radical (unpaired) electrons. The highest BCUT2D eigenvalue weighted by Crippen LogP contribution is 2.49. The standard InChI is InChI=1S/C41H38N4O2/c1-24-15-18-43-38-36(24)29-11-10-12-30-37(29)45(38)33-23-34(25(2)19-31(33)40(30,3)4)46-28-21-26(32-13-7-9-17-42-32)20-27(22-28)39-44-41(5)16-8-6-14-35(41)47-39/h7,9-13,15,17-23,35H,6,8,14,16H2,1-5H3/t35-,41+/m0/s1. The van der Waals surface area contributed by atoms with E-state index in [-0.39, 0.29) is 17.1 Å². The largest absolute Gasteiger partial charge is 0.472 e. The van der Waals surface area contributed by atoms with Crippen molar-refractivity contribution < 1.29 is 9.47 Å². The van der Waals surface area contributed by atoms with Crippen LogP contribution < -0.4 is 4.74 Å². The number of aromatic nitrogens is 3. The molecule has 0 bridgehead atoms. The maximum atomic E-state index is 6.87. The first-order chi connectivity index (χ1) is 22.7. The first-order valence-electron chi connectivity index (χ1n) is 16.8. The molecule has 9 rings (SSSR count). The Labute approximate surface area is 275 Å². The fraction of sp³-hybridized carbons (Fsp3) is 0.293. The lowest BCUT2D eigenvalue weighted by molar-refractivity contribution is 0.104. The summed E-state index contributed by atoms with van der Waals surface area (Å²) in [6, 6.07) is 25.5. The molecule has 2 atom stereocenters. The van der Waals surface area contributed by atoms with Crippen molar-refractivity contribution in [2.24, 2.45) is 4.99 Å². The molecule has 0 spiro atoms. The van der Waals surface area contributed by atoms with E-state index in [1.807, 2.05) is 30.6 Å². The molecule has 0 amide bonds. The van der Waals surface area contributed by atoms with Gasteiger partial charge in [-0.1, -0.05) is 44.5 Å². The molecule has 3 aromatic heterocycles. The van der Waals surface area contributed by atoms with E-state index in [2.05, 4.69) is 98.8 Å². The van der Waals surface area contributed by atoms with Gasteiger partial charge in [-0.15, -0.1) is 0 Å². The zero-order valence-corrected chi connectivity index (χ0v) is 27.6. The van der Waals surface area contributed by atoms with Crippen LogP contribution >= 0.6 is 0 Å². The lowest BCUT2D eigenvalue weighted by Gasteiger charge is -2.35. The molecular formula is C41H38N4O2. The van der Waals surface area contributed by atoms with Crippen molar-refractivity contribution in [3.63, 3.8) is 0 Å². The molecule has 3 aromatic carbocycles. The number of ether oxygens (including phenoxy) is 2. The lowest BCUT2D eigenvalue weighted by Crippen LogP contribution is -2.37. The fourth-order valence-corrected chi connectivity index (χ4v) is 8.21. The van der Waals surface area contributed by atoms with Crippen LogP contribution in [-0.2, 0) is 10.2 Å². The molecule has 6 heteroatoms. The smallest absolute Gasteiger partial charge is 0.217 e. The van der Waals surface area contributed by atoms with Crippen LogP contribution in [0.5, 0.6) is 11.5 Å². The average Bonchev–Trinajstić information content (AvgIpc) is 3.61. The molecule has 6 nitrogen and oxygen atoms in total. The number of aliphatic imine (C=N–C) groups is 1. The van der Waals surface area contributed by atoms with Crippen LogP contribution in [0.25, 0.3) is 38.9 Å². The monoisotopic (exact) mass is 618 g/mol. The van der Waals surface area contributed by atoms with Gasteiger partial charge in [-0.3, -0.25) is 9.55 Å². The number of pyridine rings is 2. The van der Waals surface area contributed by atoms with E-state index in [0.717, 1.165) is 58.1 Å². The number of fused-ring (bicyclic) bond motifs is 6. The van der Waals surface area contributed by atoms with E-state index in [9.17, 15) is 0 Å². The van der Waals surface area contributed by atoms with Crippen molar-refractivity contribution in [2.45, 2.75) is 77.4 Å². The molecule has 0 unspecified atom stereocenters. The Morgan fingerprint density at radius 3 is 2.53 bits per heavy atom. The van der Waals surface area contributed by atoms with Gasteiger partial charge >= 0.3 is 0 Å². The van der Waals surface area contributed by atoms with Crippen molar-refractivity contribution in [3.05, 3.63) is 113 Å². The predicted octanol–water partition coefficient (Wildman–Crippen LogP) is 9.77. The van der Waals surface area contributed by atoms with Gasteiger partial charge in [-0.05, 0) is 105 Å². The molecular weight excluding hydrogens is 580 g/mol. The van der Waals surface area contributed by atoms with Gasteiger partial charge in [-0.2, -0.15) is 0 Å². The SMILES string of the molecule is Cc1cc2c(cc1Oc1cc(C3=N[C@]4(C)CCCC[C@@H]4O3)cc(-c3ccccn3)c1)-n1c3nccc(C)c3c3cccc(c31)C2(C)C. The fourth-order valence-electron chi connectivity index (χ4n) is 8.21. The summed E-state index contributed by atoms with van der Waals surface area (Å²) in [6.07, 6.45) is 8.32. The van der Waals surface area contributed by atoms with E-state index in [1.54, 1.807) is 0 Å². The summed E-state index contributed by atoms with van der Waals surface area (Å²) in [7, 11) is 0. The lowest BCUT2D eigenvalue weighted by atomic mass is 9.74. The van der Waals surface area contributed by atoms with Crippen molar-refractivity contribution >= 4 is 27.8 Å². The number of hydrogen-bond donors (Lipinski definition) is 0. The van der Waals surface area contributed by atoms with Gasteiger partial charge in [0, 0.05) is 45.8 Å². The van der Waals surface area contributed by atoms with Gasteiger partial charge in [0.25, 0.3) is 0 Å². The van der Waals surface area contributed by atoms with Crippen LogP contribution in [0.4, 0.5) is 0 Å². The summed E-state index contributed by atoms with van der Waals surface area (Å²) in [4.78, 5) is 14.8. The average molecular weight is 619 g/mol. The van der Waals surface area contributed by atoms with Crippen LogP contribution in [0.15, 0.2) is 90.2 Å². The minimum atomic E-state index is -0.201. The maximum Gasteiger partial charge on any atom is 0.217 e. The summed E-state index contributed by atoms with van der Waals surface area (Å²) in [5.41, 5.74) is 10.6. The third kappa shape index (κ3) is 4.20. The second kappa shape index (κ2) is 10.0. The van der Waals surface area contributed by atoms with E-state index in [1.165, 1.54) is 45.8 Å². The third-order valence-corrected chi connectivity index (χ3v) is 10.8. The maximum absolute atomic E-state index is 6.87. The number of aryl methyl sites for hydroxylation is 2. The molecule has 1 saturated carbocycles. The highest BCUT2D eigenvalue weighted by Gasteiger charge is 2.44. The normalized spacial score (nSPS) is 20.9. The van der Waals surface area contributed by atoms with Gasteiger partial charge in [0.2, 0.25) is 5.90 Å². The molecule has 2 aliphatic heterocycles. The molecule has 3 aliphatic rings. The van der Waals surface area contributed by atoms with E-state index < -0.39 is 0 Å². The number of nitrogens with zero attached hydrogens (tertiary/aromatic N) is 4. The topological polar surface area (TPSA) is 61.5 Å². The first kappa shape index (κ1) is 28.3. The number of hydrogen-bond acceptors (Lipinski definition) is 5. The van der Waals surface area contributed by atoms with Gasteiger partial charge in [0.1, 0.15) is 23.3 Å². The zero-order valence-electron chi connectivity index (χ0n) is 27.6. The Balaban J connectivity index is 1.21. The molecule has 0 N–H and O–H groups in total.